The highest BCUT2D eigenvalue weighted by molar-refractivity contribution is 6.46. The molecule has 33 heavy (non-hydrogen) atoms. The lowest BCUT2D eigenvalue weighted by atomic mass is 9.97. The van der Waals surface area contributed by atoms with Gasteiger partial charge in [-0.2, -0.15) is 0 Å². The normalized spacial score (nSPS) is 17.3. The number of ether oxygens (including phenoxy) is 2. The molecule has 1 fully saturated rings. The Hall–Kier alpha value is -3.91. The van der Waals surface area contributed by atoms with E-state index in [0.717, 1.165) is 5.56 Å². The molecule has 1 amide bonds. The monoisotopic (exact) mass is 465 g/mol. The fourth-order valence-electron chi connectivity index (χ4n) is 3.76. The minimum atomic E-state index is -0.911. The van der Waals surface area contributed by atoms with E-state index < -0.39 is 23.5 Å². The standard InChI is InChI=1S/C24H20ClN3O5/c1-32-18-12-16(25)19(33-2)11-15(18)22(29)20-21(17-5-3-4-8-27-17)28(24(31)23(20)30)13-14-6-9-26-10-7-14/h3-12,21,29H,13H2,1-2H3/b22-20+. The van der Waals surface area contributed by atoms with E-state index >= 15 is 0 Å². The van der Waals surface area contributed by atoms with Crippen LogP contribution in [-0.2, 0) is 16.1 Å². The molecule has 1 unspecified atom stereocenters. The number of hydrogen-bond acceptors (Lipinski definition) is 7. The Kier molecular flexibility index (Phi) is 6.28. The van der Waals surface area contributed by atoms with Gasteiger partial charge in [0.25, 0.3) is 11.7 Å². The Bertz CT molecular complexity index is 1230. The molecule has 1 N–H and O–H groups in total. The maximum absolute atomic E-state index is 13.2. The molecule has 1 aliphatic rings. The molecule has 3 heterocycles. The third-order valence-corrected chi connectivity index (χ3v) is 5.63. The number of pyridine rings is 2. The maximum atomic E-state index is 13.2. The molecule has 1 aliphatic heterocycles. The molecule has 4 rings (SSSR count). The van der Waals surface area contributed by atoms with E-state index in [0.29, 0.717) is 5.69 Å². The van der Waals surface area contributed by atoms with Crippen LogP contribution in [-0.4, -0.2) is 45.9 Å². The first-order valence-electron chi connectivity index (χ1n) is 9.96. The summed E-state index contributed by atoms with van der Waals surface area (Å²) in [7, 11) is 2.84. The smallest absolute Gasteiger partial charge is 0.296 e. The maximum Gasteiger partial charge on any atom is 0.296 e. The van der Waals surface area contributed by atoms with Gasteiger partial charge >= 0.3 is 0 Å². The van der Waals surface area contributed by atoms with E-state index in [2.05, 4.69) is 9.97 Å². The summed E-state index contributed by atoms with van der Waals surface area (Å²) in [6.45, 7) is 0.131. The van der Waals surface area contributed by atoms with E-state index in [1.807, 2.05) is 0 Å². The van der Waals surface area contributed by atoms with Crippen molar-refractivity contribution in [3.05, 3.63) is 88.5 Å². The molecule has 9 heteroatoms. The van der Waals surface area contributed by atoms with E-state index in [1.165, 1.54) is 31.3 Å². The van der Waals surface area contributed by atoms with Crippen LogP contribution in [0.5, 0.6) is 11.5 Å². The highest BCUT2D eigenvalue weighted by atomic mass is 35.5. The highest BCUT2D eigenvalue weighted by Gasteiger charge is 2.47. The summed E-state index contributed by atoms with van der Waals surface area (Å²) in [5.41, 5.74) is 1.28. The number of hydrogen-bond donors (Lipinski definition) is 1. The molecular formula is C24H20ClN3O5. The number of ketones is 1. The first kappa shape index (κ1) is 22.3. The third-order valence-electron chi connectivity index (χ3n) is 5.34. The van der Waals surface area contributed by atoms with Crippen molar-refractivity contribution < 1.29 is 24.2 Å². The van der Waals surface area contributed by atoms with Gasteiger partial charge in [-0.1, -0.05) is 17.7 Å². The zero-order chi connectivity index (χ0) is 23.5. The van der Waals surface area contributed by atoms with Crippen molar-refractivity contribution in [2.75, 3.05) is 14.2 Å². The van der Waals surface area contributed by atoms with Gasteiger partial charge in [-0.05, 0) is 35.9 Å². The molecule has 0 radical (unpaired) electrons. The first-order chi connectivity index (χ1) is 16.0. The Labute approximate surface area is 195 Å². The minimum Gasteiger partial charge on any atom is -0.507 e. The van der Waals surface area contributed by atoms with E-state index in [-0.39, 0.29) is 34.2 Å². The molecule has 1 aromatic carbocycles. The van der Waals surface area contributed by atoms with Crippen molar-refractivity contribution in [2.24, 2.45) is 0 Å². The van der Waals surface area contributed by atoms with Gasteiger partial charge in [0, 0.05) is 31.2 Å². The number of aromatic nitrogens is 2. The van der Waals surface area contributed by atoms with Crippen LogP contribution in [0.3, 0.4) is 0 Å². The Morgan fingerprint density at radius 2 is 1.79 bits per heavy atom. The van der Waals surface area contributed by atoms with Crippen molar-refractivity contribution >= 4 is 29.1 Å². The van der Waals surface area contributed by atoms with E-state index in [9.17, 15) is 14.7 Å². The third kappa shape index (κ3) is 4.12. The van der Waals surface area contributed by atoms with Crippen LogP contribution >= 0.6 is 11.6 Å². The summed E-state index contributed by atoms with van der Waals surface area (Å²) in [5.74, 6) is -1.48. The molecule has 0 saturated carbocycles. The predicted molar refractivity (Wildman–Crippen MR) is 121 cm³/mol. The lowest BCUT2D eigenvalue weighted by molar-refractivity contribution is -0.140. The van der Waals surface area contributed by atoms with E-state index in [4.69, 9.17) is 21.1 Å². The lowest BCUT2D eigenvalue weighted by Gasteiger charge is -2.24. The zero-order valence-electron chi connectivity index (χ0n) is 17.9. The molecule has 3 aromatic rings. The molecule has 168 valence electrons. The van der Waals surface area contributed by atoms with Gasteiger partial charge < -0.3 is 19.5 Å². The van der Waals surface area contributed by atoms with Gasteiger partial charge in [-0.15, -0.1) is 0 Å². The summed E-state index contributed by atoms with van der Waals surface area (Å²) in [6, 6.07) is 10.7. The van der Waals surface area contributed by atoms with Crippen molar-refractivity contribution in [3.8, 4) is 11.5 Å². The van der Waals surface area contributed by atoms with Crippen LogP contribution in [0.4, 0.5) is 0 Å². The van der Waals surface area contributed by atoms with Crippen molar-refractivity contribution in [3.63, 3.8) is 0 Å². The van der Waals surface area contributed by atoms with Crippen LogP contribution in [0.15, 0.2) is 66.6 Å². The average molecular weight is 466 g/mol. The summed E-state index contributed by atoms with van der Waals surface area (Å²) in [4.78, 5) is 36.0. The second kappa shape index (κ2) is 9.30. The quantitative estimate of drug-likeness (QED) is 0.336. The van der Waals surface area contributed by atoms with Crippen LogP contribution in [0.2, 0.25) is 5.02 Å². The molecule has 0 aliphatic carbocycles. The van der Waals surface area contributed by atoms with Crippen LogP contribution < -0.4 is 9.47 Å². The fraction of sp³-hybridized carbons (Fsp3) is 0.167. The largest absolute Gasteiger partial charge is 0.507 e. The number of amides is 1. The predicted octanol–water partition coefficient (Wildman–Crippen LogP) is 3.77. The molecule has 1 saturated heterocycles. The number of benzene rings is 1. The van der Waals surface area contributed by atoms with Gasteiger partial charge in [0.15, 0.2) is 0 Å². The highest BCUT2D eigenvalue weighted by Crippen LogP contribution is 2.43. The van der Waals surface area contributed by atoms with Gasteiger partial charge in [0.1, 0.15) is 23.3 Å². The lowest BCUT2D eigenvalue weighted by Crippen LogP contribution is -2.29. The van der Waals surface area contributed by atoms with Gasteiger partial charge in [-0.3, -0.25) is 19.6 Å². The zero-order valence-corrected chi connectivity index (χ0v) is 18.6. The van der Waals surface area contributed by atoms with Crippen molar-refractivity contribution in [1.82, 2.24) is 14.9 Å². The summed E-state index contributed by atoms with van der Waals surface area (Å²) >= 11 is 6.19. The number of Topliss-reactive ketones (excluding diaryl/α,β-unsaturated/α-hetero) is 1. The fourth-order valence-corrected chi connectivity index (χ4v) is 3.99. The number of rotatable bonds is 6. The Balaban J connectivity index is 1.91. The van der Waals surface area contributed by atoms with Crippen LogP contribution in [0.1, 0.15) is 22.9 Å². The summed E-state index contributed by atoms with van der Waals surface area (Å²) in [6.07, 6.45) is 4.77. The van der Waals surface area contributed by atoms with Gasteiger partial charge in [0.2, 0.25) is 0 Å². The van der Waals surface area contributed by atoms with Gasteiger partial charge in [0.05, 0.1) is 36.1 Å². The van der Waals surface area contributed by atoms with Crippen LogP contribution in [0, 0.1) is 0 Å². The molecular weight excluding hydrogens is 446 g/mol. The number of carbonyl (C=O) groups excluding carboxylic acids is 2. The number of aliphatic hydroxyl groups excluding tert-OH is 1. The molecule has 0 spiro atoms. The second-order valence-electron chi connectivity index (χ2n) is 7.22. The number of carbonyl (C=O) groups is 2. The molecule has 0 bridgehead atoms. The van der Waals surface area contributed by atoms with Crippen LogP contribution in [0.25, 0.3) is 5.76 Å². The molecule has 1 atom stereocenters. The topological polar surface area (TPSA) is 102 Å². The Morgan fingerprint density at radius 3 is 2.42 bits per heavy atom. The number of likely N-dealkylation sites (tertiary alicyclic amines) is 1. The Morgan fingerprint density at radius 1 is 1.06 bits per heavy atom. The SMILES string of the molecule is COc1cc(/C(O)=C2\C(=O)C(=O)N(Cc3ccncc3)C2c2ccccn2)c(OC)cc1Cl. The molecule has 2 aromatic heterocycles. The number of aliphatic hydroxyl groups is 1. The number of methoxy groups -OCH3 is 2. The first-order valence-corrected chi connectivity index (χ1v) is 10.3. The summed E-state index contributed by atoms with van der Waals surface area (Å²) in [5, 5.41) is 11.6. The number of halogens is 1. The number of nitrogens with zero attached hydrogens (tertiary/aromatic N) is 3. The summed E-state index contributed by atoms with van der Waals surface area (Å²) < 4.78 is 10.6. The van der Waals surface area contributed by atoms with E-state index in [1.54, 1.807) is 48.9 Å². The minimum absolute atomic E-state index is 0.101. The molecule has 8 nitrogen and oxygen atoms in total. The average Bonchev–Trinajstić information content (AvgIpc) is 3.09. The van der Waals surface area contributed by atoms with Gasteiger partial charge in [-0.25, -0.2) is 0 Å². The van der Waals surface area contributed by atoms with Crippen molar-refractivity contribution in [1.29, 1.82) is 0 Å². The second-order valence-corrected chi connectivity index (χ2v) is 7.63. The van der Waals surface area contributed by atoms with Crippen molar-refractivity contribution in [2.45, 2.75) is 12.6 Å².